The normalized spacial score (nSPS) is 10.7. The third kappa shape index (κ3) is 2.17. The van der Waals surface area contributed by atoms with Crippen molar-refractivity contribution in [2.75, 3.05) is 0 Å². The minimum absolute atomic E-state index is 0.469. The summed E-state index contributed by atoms with van der Waals surface area (Å²) in [4.78, 5) is 7.25. The van der Waals surface area contributed by atoms with Gasteiger partial charge in [-0.25, -0.2) is 0 Å². The second-order valence-corrected chi connectivity index (χ2v) is 4.38. The largest absolute Gasteiger partial charge is 0.486 e. The Morgan fingerprint density at radius 1 is 1.22 bits per heavy atom. The van der Waals surface area contributed by atoms with Gasteiger partial charge in [0.25, 0.3) is 0 Å². The van der Waals surface area contributed by atoms with Gasteiger partial charge in [0.2, 0.25) is 0 Å². The lowest BCUT2D eigenvalue weighted by molar-refractivity contribution is 0.301. The minimum atomic E-state index is 0.469. The monoisotopic (exact) mass is 258 g/mol. The van der Waals surface area contributed by atoms with Crippen LogP contribution in [-0.4, -0.2) is 9.97 Å². The van der Waals surface area contributed by atoms with Crippen LogP contribution in [-0.2, 0) is 6.61 Å². The van der Waals surface area contributed by atoms with Gasteiger partial charge in [-0.05, 0) is 24.3 Å². The van der Waals surface area contributed by atoms with Gasteiger partial charge >= 0.3 is 0 Å². The predicted molar refractivity (Wildman–Crippen MR) is 71.9 cm³/mol. The number of rotatable bonds is 3. The summed E-state index contributed by atoms with van der Waals surface area (Å²) >= 11 is 6.11. The highest BCUT2D eigenvalue weighted by molar-refractivity contribution is 6.35. The van der Waals surface area contributed by atoms with Gasteiger partial charge in [0.05, 0.1) is 22.4 Å². The molecule has 1 aromatic carbocycles. The molecule has 0 saturated carbocycles. The zero-order valence-corrected chi connectivity index (χ0v) is 10.3. The average molecular weight is 259 g/mol. The summed E-state index contributed by atoms with van der Waals surface area (Å²) in [7, 11) is 0. The Bertz CT molecular complexity index is 664. The molecule has 0 amide bonds. The summed E-state index contributed by atoms with van der Waals surface area (Å²) in [6, 6.07) is 11.6. The van der Waals surface area contributed by atoms with Crippen LogP contribution in [0.3, 0.4) is 0 Å². The van der Waals surface area contributed by atoms with Gasteiger partial charge in [-0.3, -0.25) is 4.98 Å². The topological polar surface area (TPSA) is 37.9 Å². The second-order valence-electron chi connectivity index (χ2n) is 3.98. The Morgan fingerprint density at radius 3 is 2.94 bits per heavy atom. The van der Waals surface area contributed by atoms with E-state index in [9.17, 15) is 0 Å². The molecule has 4 heteroatoms. The van der Waals surface area contributed by atoms with Crippen molar-refractivity contribution >= 4 is 22.5 Å². The number of hydrogen-bond donors (Lipinski definition) is 1. The molecule has 18 heavy (non-hydrogen) atoms. The van der Waals surface area contributed by atoms with E-state index in [0.29, 0.717) is 6.61 Å². The number of ether oxygens (including phenoxy) is 1. The molecule has 0 aliphatic carbocycles. The number of nitrogens with one attached hydrogen (secondary N) is 1. The summed E-state index contributed by atoms with van der Waals surface area (Å²) in [5.74, 6) is 0.752. The summed E-state index contributed by atoms with van der Waals surface area (Å²) in [6.45, 7) is 0.469. The molecule has 0 spiro atoms. The molecule has 2 heterocycles. The standard InChI is InChI=1S/C14H11ClN2O/c15-13-5-1-3-10-7-11(17-14(10)13)9-18-12-4-2-6-16-8-12/h1-8,17H,9H2. The summed E-state index contributed by atoms with van der Waals surface area (Å²) in [5, 5.41) is 1.81. The Morgan fingerprint density at radius 2 is 2.17 bits per heavy atom. The number of nitrogens with zero attached hydrogens (tertiary/aromatic N) is 1. The third-order valence-corrected chi connectivity index (χ3v) is 3.00. The Labute approximate surface area is 109 Å². The highest BCUT2D eigenvalue weighted by Crippen LogP contribution is 2.23. The van der Waals surface area contributed by atoms with E-state index in [2.05, 4.69) is 9.97 Å². The fraction of sp³-hybridized carbons (Fsp3) is 0.0714. The van der Waals surface area contributed by atoms with Gasteiger partial charge in [0, 0.05) is 11.6 Å². The molecule has 90 valence electrons. The number of aromatic nitrogens is 2. The molecular formula is C14H11ClN2O. The number of halogens is 1. The number of aromatic amines is 1. The number of fused-ring (bicyclic) bond motifs is 1. The maximum absolute atomic E-state index is 6.11. The van der Waals surface area contributed by atoms with Crippen LogP contribution in [0.1, 0.15) is 5.69 Å². The van der Waals surface area contributed by atoms with Crippen molar-refractivity contribution < 1.29 is 4.74 Å². The Balaban J connectivity index is 1.81. The summed E-state index contributed by atoms with van der Waals surface area (Å²) in [6.07, 6.45) is 3.41. The lowest BCUT2D eigenvalue weighted by atomic mass is 10.2. The molecule has 0 saturated heterocycles. The highest BCUT2D eigenvalue weighted by Gasteiger charge is 2.04. The van der Waals surface area contributed by atoms with Crippen LogP contribution >= 0.6 is 11.6 Å². The van der Waals surface area contributed by atoms with Crippen molar-refractivity contribution in [1.29, 1.82) is 0 Å². The first-order valence-electron chi connectivity index (χ1n) is 5.62. The maximum Gasteiger partial charge on any atom is 0.138 e. The predicted octanol–water partition coefficient (Wildman–Crippen LogP) is 3.80. The first-order chi connectivity index (χ1) is 8.83. The van der Waals surface area contributed by atoms with E-state index in [-0.39, 0.29) is 0 Å². The van der Waals surface area contributed by atoms with E-state index in [1.54, 1.807) is 12.4 Å². The van der Waals surface area contributed by atoms with Crippen LogP contribution < -0.4 is 4.74 Å². The number of pyridine rings is 1. The second kappa shape index (κ2) is 4.70. The first kappa shape index (κ1) is 11.1. The third-order valence-electron chi connectivity index (χ3n) is 2.69. The zero-order valence-electron chi connectivity index (χ0n) is 9.56. The first-order valence-corrected chi connectivity index (χ1v) is 6.00. The molecule has 2 aromatic heterocycles. The van der Waals surface area contributed by atoms with Crippen molar-refractivity contribution in [3.05, 3.63) is 59.5 Å². The molecule has 0 atom stereocenters. The van der Waals surface area contributed by atoms with E-state index in [0.717, 1.165) is 27.4 Å². The van der Waals surface area contributed by atoms with Crippen molar-refractivity contribution in [3.8, 4) is 5.75 Å². The van der Waals surface area contributed by atoms with Gasteiger partial charge in [0.15, 0.2) is 0 Å². The molecule has 0 radical (unpaired) electrons. The number of H-pyrrole nitrogens is 1. The fourth-order valence-corrected chi connectivity index (χ4v) is 2.08. The van der Waals surface area contributed by atoms with E-state index in [1.165, 1.54) is 0 Å². The summed E-state index contributed by atoms with van der Waals surface area (Å²) < 4.78 is 5.62. The highest BCUT2D eigenvalue weighted by atomic mass is 35.5. The van der Waals surface area contributed by atoms with Gasteiger partial charge in [-0.2, -0.15) is 0 Å². The molecule has 1 N–H and O–H groups in total. The zero-order chi connectivity index (χ0) is 12.4. The van der Waals surface area contributed by atoms with Crippen molar-refractivity contribution in [2.24, 2.45) is 0 Å². The maximum atomic E-state index is 6.11. The Hall–Kier alpha value is -2.00. The number of para-hydroxylation sites is 1. The van der Waals surface area contributed by atoms with E-state index in [4.69, 9.17) is 16.3 Å². The summed E-state index contributed by atoms with van der Waals surface area (Å²) in [5.41, 5.74) is 1.94. The lowest BCUT2D eigenvalue weighted by Crippen LogP contribution is -1.95. The van der Waals surface area contributed by atoms with Crippen molar-refractivity contribution in [1.82, 2.24) is 9.97 Å². The molecule has 0 aliphatic rings. The van der Waals surface area contributed by atoms with Crippen LogP contribution in [0.2, 0.25) is 5.02 Å². The molecule has 3 aromatic rings. The minimum Gasteiger partial charge on any atom is -0.486 e. The average Bonchev–Trinajstić information content (AvgIpc) is 2.82. The van der Waals surface area contributed by atoms with Crippen LogP contribution in [0.25, 0.3) is 10.9 Å². The molecular weight excluding hydrogens is 248 g/mol. The Kier molecular flexibility index (Phi) is 2.90. The molecule has 0 bridgehead atoms. The lowest BCUT2D eigenvalue weighted by Gasteiger charge is -2.02. The quantitative estimate of drug-likeness (QED) is 0.776. The number of benzene rings is 1. The van der Waals surface area contributed by atoms with Gasteiger partial charge in [-0.1, -0.05) is 23.7 Å². The fourth-order valence-electron chi connectivity index (χ4n) is 1.85. The molecule has 0 unspecified atom stereocenters. The molecule has 3 rings (SSSR count). The van der Waals surface area contributed by atoms with E-state index < -0.39 is 0 Å². The van der Waals surface area contributed by atoms with Gasteiger partial charge in [0.1, 0.15) is 12.4 Å². The van der Waals surface area contributed by atoms with Crippen LogP contribution in [0.15, 0.2) is 48.8 Å². The van der Waals surface area contributed by atoms with Crippen molar-refractivity contribution in [3.63, 3.8) is 0 Å². The van der Waals surface area contributed by atoms with Crippen LogP contribution in [0, 0.1) is 0 Å². The molecule has 3 nitrogen and oxygen atoms in total. The van der Waals surface area contributed by atoms with Crippen LogP contribution in [0.4, 0.5) is 0 Å². The smallest absolute Gasteiger partial charge is 0.138 e. The van der Waals surface area contributed by atoms with E-state index in [1.807, 2.05) is 36.4 Å². The van der Waals surface area contributed by atoms with Crippen molar-refractivity contribution in [2.45, 2.75) is 6.61 Å². The number of hydrogen-bond acceptors (Lipinski definition) is 2. The van der Waals surface area contributed by atoms with Gasteiger partial charge in [-0.15, -0.1) is 0 Å². The molecule has 0 fully saturated rings. The van der Waals surface area contributed by atoms with Crippen LogP contribution in [0.5, 0.6) is 5.75 Å². The SMILES string of the molecule is Clc1cccc2cc(COc3cccnc3)[nH]c12. The van der Waals surface area contributed by atoms with Gasteiger partial charge < -0.3 is 9.72 Å². The molecule has 0 aliphatic heterocycles. The van der Waals surface area contributed by atoms with E-state index >= 15 is 0 Å².